The molecule has 6 heteroatoms. The minimum Gasteiger partial charge on any atom is -0.318 e. The first-order chi connectivity index (χ1) is 10.5. The van der Waals surface area contributed by atoms with E-state index in [4.69, 9.17) is 0 Å². The van der Waals surface area contributed by atoms with Crippen molar-refractivity contribution in [2.24, 2.45) is 5.10 Å². The minimum absolute atomic E-state index is 0.525. The van der Waals surface area contributed by atoms with Gasteiger partial charge in [-0.15, -0.1) is 0 Å². The Kier molecular flexibility index (Phi) is 5.43. The van der Waals surface area contributed by atoms with Gasteiger partial charge in [-0.3, -0.25) is 9.59 Å². The van der Waals surface area contributed by atoms with Crippen molar-refractivity contribution in [2.75, 3.05) is 5.32 Å². The molecule has 2 aromatic carbocycles. The van der Waals surface area contributed by atoms with Crippen molar-refractivity contribution in [3.8, 4) is 0 Å². The van der Waals surface area contributed by atoms with Gasteiger partial charge in [0, 0.05) is 10.2 Å². The Balaban J connectivity index is 1.89. The number of amides is 2. The number of anilines is 1. The van der Waals surface area contributed by atoms with Gasteiger partial charge in [0.15, 0.2) is 0 Å². The summed E-state index contributed by atoms with van der Waals surface area (Å²) in [6.45, 7) is 1.98. The second-order valence-corrected chi connectivity index (χ2v) is 5.49. The van der Waals surface area contributed by atoms with E-state index in [1.807, 2.05) is 37.3 Å². The summed E-state index contributed by atoms with van der Waals surface area (Å²) in [5.41, 5.74) is 4.68. The van der Waals surface area contributed by atoms with Crippen LogP contribution >= 0.6 is 15.9 Å². The van der Waals surface area contributed by atoms with E-state index in [0.717, 1.165) is 15.6 Å². The van der Waals surface area contributed by atoms with Gasteiger partial charge in [-0.25, -0.2) is 5.43 Å². The molecule has 0 aliphatic heterocycles. The van der Waals surface area contributed by atoms with Crippen molar-refractivity contribution < 1.29 is 9.59 Å². The first-order valence-electron chi connectivity index (χ1n) is 6.51. The number of carbonyl (C=O) groups is 2. The second-order valence-electron chi connectivity index (χ2n) is 4.57. The third-order valence-electron chi connectivity index (χ3n) is 2.75. The SMILES string of the molecule is Cc1ccc(/C=N\NC(=O)C(=O)Nc2cccc(Br)c2)cc1. The normalized spacial score (nSPS) is 10.5. The van der Waals surface area contributed by atoms with Crippen LogP contribution in [0.15, 0.2) is 58.1 Å². The average Bonchev–Trinajstić information content (AvgIpc) is 2.49. The summed E-state index contributed by atoms with van der Waals surface area (Å²) in [6, 6.07) is 14.6. The van der Waals surface area contributed by atoms with Crippen LogP contribution < -0.4 is 10.7 Å². The molecule has 0 unspecified atom stereocenters. The number of hydrogen-bond donors (Lipinski definition) is 2. The predicted molar refractivity (Wildman–Crippen MR) is 89.7 cm³/mol. The maximum atomic E-state index is 11.7. The van der Waals surface area contributed by atoms with Crippen molar-refractivity contribution in [1.82, 2.24) is 5.43 Å². The van der Waals surface area contributed by atoms with Crippen LogP contribution in [-0.4, -0.2) is 18.0 Å². The number of nitrogens with one attached hydrogen (secondary N) is 2. The van der Waals surface area contributed by atoms with Crippen molar-refractivity contribution in [3.63, 3.8) is 0 Å². The highest BCUT2D eigenvalue weighted by Crippen LogP contribution is 2.15. The van der Waals surface area contributed by atoms with E-state index >= 15 is 0 Å². The highest BCUT2D eigenvalue weighted by atomic mass is 79.9. The minimum atomic E-state index is -0.830. The summed E-state index contributed by atoms with van der Waals surface area (Å²) in [5, 5.41) is 6.24. The van der Waals surface area contributed by atoms with Gasteiger partial charge in [0.05, 0.1) is 6.21 Å². The molecule has 0 heterocycles. The van der Waals surface area contributed by atoms with Gasteiger partial charge in [0.25, 0.3) is 0 Å². The lowest BCUT2D eigenvalue weighted by Crippen LogP contribution is -2.32. The Labute approximate surface area is 136 Å². The molecule has 112 valence electrons. The lowest BCUT2D eigenvalue weighted by atomic mass is 10.2. The van der Waals surface area contributed by atoms with Gasteiger partial charge < -0.3 is 5.32 Å². The van der Waals surface area contributed by atoms with Crippen LogP contribution in [0.1, 0.15) is 11.1 Å². The molecule has 0 fully saturated rings. The monoisotopic (exact) mass is 359 g/mol. The molecule has 0 atom stereocenters. The highest BCUT2D eigenvalue weighted by Gasteiger charge is 2.12. The number of hydrazone groups is 1. The van der Waals surface area contributed by atoms with E-state index in [9.17, 15) is 9.59 Å². The number of aryl methyl sites for hydroxylation is 1. The zero-order valence-electron chi connectivity index (χ0n) is 11.8. The van der Waals surface area contributed by atoms with Crippen molar-refractivity contribution in [3.05, 3.63) is 64.1 Å². The first kappa shape index (κ1) is 15.9. The summed E-state index contributed by atoms with van der Waals surface area (Å²) in [6.07, 6.45) is 1.48. The average molecular weight is 360 g/mol. The molecule has 0 saturated heterocycles. The molecule has 0 radical (unpaired) electrons. The van der Waals surface area contributed by atoms with Crippen molar-refractivity contribution in [1.29, 1.82) is 0 Å². The van der Waals surface area contributed by atoms with Crippen LogP contribution in [0.2, 0.25) is 0 Å². The molecular weight excluding hydrogens is 346 g/mol. The molecule has 2 amide bonds. The van der Waals surface area contributed by atoms with E-state index in [1.165, 1.54) is 6.21 Å². The van der Waals surface area contributed by atoms with Crippen LogP contribution in [0, 0.1) is 6.92 Å². The third-order valence-corrected chi connectivity index (χ3v) is 3.24. The Morgan fingerprint density at radius 2 is 1.82 bits per heavy atom. The summed E-state index contributed by atoms with van der Waals surface area (Å²) < 4.78 is 0.808. The molecule has 0 bridgehead atoms. The highest BCUT2D eigenvalue weighted by molar-refractivity contribution is 9.10. The molecule has 0 spiro atoms. The zero-order valence-corrected chi connectivity index (χ0v) is 13.4. The van der Waals surface area contributed by atoms with Crippen molar-refractivity contribution >= 4 is 39.6 Å². The molecule has 0 aromatic heterocycles. The van der Waals surface area contributed by atoms with Gasteiger partial charge in [0.2, 0.25) is 0 Å². The van der Waals surface area contributed by atoms with Gasteiger partial charge in [-0.1, -0.05) is 51.8 Å². The molecule has 2 aromatic rings. The van der Waals surface area contributed by atoms with E-state index in [2.05, 4.69) is 31.8 Å². The van der Waals surface area contributed by atoms with Crippen LogP contribution in [0.5, 0.6) is 0 Å². The van der Waals surface area contributed by atoms with Gasteiger partial charge >= 0.3 is 11.8 Å². The molecule has 22 heavy (non-hydrogen) atoms. The fourth-order valence-corrected chi connectivity index (χ4v) is 2.02. The molecule has 2 rings (SSSR count). The standard InChI is InChI=1S/C16H14BrN3O2/c1-11-5-7-12(8-6-11)10-18-20-16(22)15(21)19-14-4-2-3-13(17)9-14/h2-10H,1H3,(H,19,21)(H,20,22)/b18-10-. The number of halogens is 1. The smallest absolute Gasteiger partial charge is 0.318 e. The molecule has 0 aliphatic carbocycles. The summed E-state index contributed by atoms with van der Waals surface area (Å²) in [7, 11) is 0. The lowest BCUT2D eigenvalue weighted by Gasteiger charge is -2.04. The number of hydrogen-bond acceptors (Lipinski definition) is 3. The Bertz CT molecular complexity index is 712. The maximum absolute atomic E-state index is 11.7. The number of rotatable bonds is 3. The first-order valence-corrected chi connectivity index (χ1v) is 7.30. The molecule has 5 nitrogen and oxygen atoms in total. The summed E-state index contributed by atoms with van der Waals surface area (Å²) >= 11 is 3.29. The zero-order chi connectivity index (χ0) is 15.9. The fraction of sp³-hybridized carbons (Fsp3) is 0.0625. The van der Waals surface area contributed by atoms with Crippen molar-refractivity contribution in [2.45, 2.75) is 6.92 Å². The topological polar surface area (TPSA) is 70.6 Å². The van der Waals surface area contributed by atoms with Crippen LogP contribution in [-0.2, 0) is 9.59 Å². The van der Waals surface area contributed by atoms with Gasteiger partial charge in [0.1, 0.15) is 0 Å². The van der Waals surface area contributed by atoms with Gasteiger partial charge in [-0.2, -0.15) is 5.10 Å². The van der Waals surface area contributed by atoms with Crippen LogP contribution in [0.3, 0.4) is 0 Å². The predicted octanol–water partition coefficient (Wildman–Crippen LogP) is 2.85. The lowest BCUT2D eigenvalue weighted by molar-refractivity contribution is -0.136. The largest absolute Gasteiger partial charge is 0.329 e. The maximum Gasteiger partial charge on any atom is 0.329 e. The van der Waals surface area contributed by atoms with Crippen LogP contribution in [0.4, 0.5) is 5.69 Å². The number of nitrogens with zero attached hydrogens (tertiary/aromatic N) is 1. The van der Waals surface area contributed by atoms with E-state index in [0.29, 0.717) is 5.69 Å². The Hall–Kier alpha value is -2.47. The summed E-state index contributed by atoms with van der Waals surface area (Å²) in [4.78, 5) is 23.3. The van der Waals surface area contributed by atoms with E-state index < -0.39 is 11.8 Å². The fourth-order valence-electron chi connectivity index (χ4n) is 1.62. The quantitative estimate of drug-likeness (QED) is 0.502. The number of benzene rings is 2. The molecule has 0 saturated carbocycles. The Morgan fingerprint density at radius 1 is 1.09 bits per heavy atom. The van der Waals surface area contributed by atoms with Crippen LogP contribution in [0.25, 0.3) is 0 Å². The molecule has 2 N–H and O–H groups in total. The molecular formula is C16H14BrN3O2. The third kappa shape index (κ3) is 4.82. The van der Waals surface area contributed by atoms with E-state index in [-0.39, 0.29) is 0 Å². The second kappa shape index (κ2) is 7.51. The Morgan fingerprint density at radius 3 is 2.50 bits per heavy atom. The molecule has 0 aliphatic rings. The van der Waals surface area contributed by atoms with E-state index in [1.54, 1.807) is 18.2 Å². The van der Waals surface area contributed by atoms with Gasteiger partial charge in [-0.05, 0) is 30.7 Å². The summed E-state index contributed by atoms with van der Waals surface area (Å²) in [5.74, 6) is -1.61. The number of carbonyl (C=O) groups excluding carboxylic acids is 2.